The first kappa shape index (κ1) is 13.3. The van der Waals surface area contributed by atoms with E-state index in [9.17, 15) is 4.39 Å². The van der Waals surface area contributed by atoms with Crippen molar-refractivity contribution in [2.75, 3.05) is 5.73 Å². The molecule has 0 saturated carbocycles. The lowest BCUT2D eigenvalue weighted by Gasteiger charge is -2.06. The van der Waals surface area contributed by atoms with Crippen molar-refractivity contribution in [2.45, 2.75) is 26.8 Å². The van der Waals surface area contributed by atoms with Gasteiger partial charge in [0.15, 0.2) is 0 Å². The summed E-state index contributed by atoms with van der Waals surface area (Å²) in [6.07, 6.45) is 2.50. The molecule has 2 rings (SSSR count). The van der Waals surface area contributed by atoms with Gasteiger partial charge in [-0.1, -0.05) is 24.6 Å². The zero-order valence-corrected chi connectivity index (χ0v) is 11.3. The van der Waals surface area contributed by atoms with Crippen molar-refractivity contribution in [2.24, 2.45) is 0 Å². The summed E-state index contributed by atoms with van der Waals surface area (Å²) in [5.74, 6) is 1.03. The van der Waals surface area contributed by atoms with Gasteiger partial charge in [-0.3, -0.25) is 0 Å². The Hall–Kier alpha value is -2.10. The number of hydrogen-bond donors (Lipinski definition) is 1. The largest absolute Gasteiger partial charge is 0.383 e. The molecule has 2 aromatic rings. The smallest absolute Gasteiger partial charge is 0.132 e. The van der Waals surface area contributed by atoms with Crippen LogP contribution in [0.4, 0.5) is 10.2 Å². The highest BCUT2D eigenvalue weighted by Crippen LogP contribution is 2.29. The lowest BCUT2D eigenvalue weighted by Crippen LogP contribution is -2.05. The molecular weight excluding hydrogens is 241 g/mol. The number of imidazole rings is 1. The van der Waals surface area contributed by atoms with E-state index in [1.54, 1.807) is 18.2 Å². The zero-order chi connectivity index (χ0) is 14.0. The molecule has 0 unspecified atom stereocenters. The maximum atomic E-state index is 13.9. The number of nitrogens with zero attached hydrogens (tertiary/aromatic N) is 2. The lowest BCUT2D eigenvalue weighted by atomic mass is 10.1. The Morgan fingerprint density at radius 2 is 2.21 bits per heavy atom. The molecule has 0 bridgehead atoms. The monoisotopic (exact) mass is 259 g/mol. The van der Waals surface area contributed by atoms with Crippen molar-refractivity contribution in [1.29, 1.82) is 0 Å². The van der Waals surface area contributed by atoms with E-state index in [2.05, 4.69) is 11.6 Å². The summed E-state index contributed by atoms with van der Waals surface area (Å²) in [6.45, 7) is 8.20. The number of anilines is 1. The van der Waals surface area contributed by atoms with Gasteiger partial charge in [0.2, 0.25) is 0 Å². The van der Waals surface area contributed by atoms with E-state index in [0.29, 0.717) is 23.6 Å². The molecule has 0 aliphatic rings. The molecule has 1 heterocycles. The Morgan fingerprint density at radius 1 is 1.47 bits per heavy atom. The van der Waals surface area contributed by atoms with Crippen molar-refractivity contribution in [3.63, 3.8) is 0 Å². The predicted octanol–water partition coefficient (Wildman–Crippen LogP) is 3.33. The van der Waals surface area contributed by atoms with Gasteiger partial charge in [-0.25, -0.2) is 9.37 Å². The van der Waals surface area contributed by atoms with Gasteiger partial charge in [0.05, 0.1) is 0 Å². The normalized spacial score (nSPS) is 10.7. The maximum absolute atomic E-state index is 13.9. The second kappa shape index (κ2) is 5.26. The number of hydrogen-bond acceptors (Lipinski definition) is 2. The van der Waals surface area contributed by atoms with Crippen LogP contribution in [0.15, 0.2) is 30.9 Å². The second-order valence-electron chi connectivity index (χ2n) is 4.50. The van der Waals surface area contributed by atoms with E-state index in [1.807, 2.05) is 18.4 Å². The molecule has 2 N–H and O–H groups in total. The average Bonchev–Trinajstić information content (AvgIpc) is 2.70. The van der Waals surface area contributed by atoms with E-state index in [1.165, 1.54) is 6.07 Å². The summed E-state index contributed by atoms with van der Waals surface area (Å²) >= 11 is 0. The van der Waals surface area contributed by atoms with Gasteiger partial charge in [0, 0.05) is 18.5 Å². The quantitative estimate of drug-likeness (QED) is 0.856. The molecule has 100 valence electrons. The van der Waals surface area contributed by atoms with Gasteiger partial charge >= 0.3 is 0 Å². The Balaban J connectivity index is 2.62. The van der Waals surface area contributed by atoms with Crippen molar-refractivity contribution < 1.29 is 4.39 Å². The standard InChI is InChI=1S/C15H18FN3/c1-4-8-19-13(5-2)18-14(15(19)17)11-9-10(3)6-7-12(11)16/h4,6-7,9H,1,5,8,17H2,2-3H3. The number of aryl methyl sites for hydroxylation is 2. The summed E-state index contributed by atoms with van der Waals surface area (Å²) in [7, 11) is 0. The zero-order valence-electron chi connectivity index (χ0n) is 11.3. The van der Waals surface area contributed by atoms with Crippen LogP contribution in [0.1, 0.15) is 18.3 Å². The van der Waals surface area contributed by atoms with Gasteiger partial charge in [-0.15, -0.1) is 6.58 Å². The summed E-state index contributed by atoms with van der Waals surface area (Å²) in [5.41, 5.74) is 8.05. The fraction of sp³-hybridized carbons (Fsp3) is 0.267. The summed E-state index contributed by atoms with van der Waals surface area (Å²) in [5, 5.41) is 0. The van der Waals surface area contributed by atoms with E-state index >= 15 is 0 Å². The van der Waals surface area contributed by atoms with Gasteiger partial charge in [0.1, 0.15) is 23.2 Å². The molecule has 4 heteroatoms. The molecule has 0 spiro atoms. The van der Waals surface area contributed by atoms with E-state index in [0.717, 1.165) is 17.8 Å². The highest BCUT2D eigenvalue weighted by Gasteiger charge is 2.17. The first-order chi connectivity index (χ1) is 9.08. The van der Waals surface area contributed by atoms with E-state index in [-0.39, 0.29) is 5.82 Å². The lowest BCUT2D eigenvalue weighted by molar-refractivity contribution is 0.630. The molecule has 0 aliphatic heterocycles. The molecule has 3 nitrogen and oxygen atoms in total. The fourth-order valence-electron chi connectivity index (χ4n) is 2.14. The second-order valence-corrected chi connectivity index (χ2v) is 4.50. The van der Waals surface area contributed by atoms with Crippen molar-refractivity contribution >= 4 is 5.82 Å². The Bertz CT molecular complexity index is 614. The van der Waals surface area contributed by atoms with Crippen LogP contribution in [0.5, 0.6) is 0 Å². The highest BCUT2D eigenvalue weighted by atomic mass is 19.1. The summed E-state index contributed by atoms with van der Waals surface area (Å²) < 4.78 is 15.8. The minimum atomic E-state index is -0.303. The molecule has 1 aromatic carbocycles. The van der Waals surface area contributed by atoms with Gasteiger partial charge in [0.25, 0.3) is 0 Å². The number of halogens is 1. The van der Waals surface area contributed by atoms with Crippen LogP contribution in [-0.2, 0) is 13.0 Å². The number of allylic oxidation sites excluding steroid dienone is 1. The van der Waals surface area contributed by atoms with Gasteiger partial charge in [-0.2, -0.15) is 0 Å². The minimum absolute atomic E-state index is 0.303. The summed E-state index contributed by atoms with van der Waals surface area (Å²) in [4.78, 5) is 4.47. The SMILES string of the molecule is C=CCn1c(CC)nc(-c2cc(C)ccc2F)c1N. The molecule has 0 aliphatic carbocycles. The summed E-state index contributed by atoms with van der Waals surface area (Å²) in [6, 6.07) is 4.95. The van der Waals surface area contributed by atoms with E-state index in [4.69, 9.17) is 5.73 Å². The topological polar surface area (TPSA) is 43.8 Å². The molecule has 0 amide bonds. The highest BCUT2D eigenvalue weighted by molar-refractivity contribution is 5.72. The predicted molar refractivity (Wildman–Crippen MR) is 76.3 cm³/mol. The number of rotatable bonds is 4. The average molecular weight is 259 g/mol. The van der Waals surface area contributed by atoms with Crippen LogP contribution in [0, 0.1) is 12.7 Å². The van der Waals surface area contributed by atoms with Crippen LogP contribution in [0.25, 0.3) is 11.3 Å². The molecular formula is C15H18FN3. The Kier molecular flexibility index (Phi) is 3.69. The maximum Gasteiger partial charge on any atom is 0.132 e. The van der Waals surface area contributed by atoms with Gasteiger partial charge in [-0.05, 0) is 19.1 Å². The van der Waals surface area contributed by atoms with Crippen LogP contribution in [0.2, 0.25) is 0 Å². The first-order valence-corrected chi connectivity index (χ1v) is 6.30. The fourth-order valence-corrected chi connectivity index (χ4v) is 2.14. The number of benzene rings is 1. The molecule has 0 saturated heterocycles. The minimum Gasteiger partial charge on any atom is -0.383 e. The third-order valence-corrected chi connectivity index (χ3v) is 3.09. The number of nitrogens with two attached hydrogens (primary N) is 1. The van der Waals surface area contributed by atoms with Crippen LogP contribution in [-0.4, -0.2) is 9.55 Å². The van der Waals surface area contributed by atoms with Crippen LogP contribution < -0.4 is 5.73 Å². The third kappa shape index (κ3) is 2.38. The van der Waals surface area contributed by atoms with E-state index < -0.39 is 0 Å². The third-order valence-electron chi connectivity index (χ3n) is 3.09. The molecule has 19 heavy (non-hydrogen) atoms. The van der Waals surface area contributed by atoms with Crippen LogP contribution in [0.3, 0.4) is 0 Å². The van der Waals surface area contributed by atoms with Crippen molar-refractivity contribution in [3.8, 4) is 11.3 Å². The molecule has 1 aromatic heterocycles. The molecule has 0 fully saturated rings. The number of nitrogen functional groups attached to an aromatic ring is 1. The Morgan fingerprint density at radius 3 is 2.84 bits per heavy atom. The molecule has 0 radical (unpaired) electrons. The van der Waals surface area contributed by atoms with Crippen molar-refractivity contribution in [1.82, 2.24) is 9.55 Å². The van der Waals surface area contributed by atoms with Crippen molar-refractivity contribution in [3.05, 3.63) is 48.1 Å². The first-order valence-electron chi connectivity index (χ1n) is 6.30. The number of aromatic nitrogens is 2. The Labute approximate surface area is 112 Å². The van der Waals surface area contributed by atoms with Gasteiger partial charge < -0.3 is 10.3 Å². The molecule has 0 atom stereocenters. The van der Waals surface area contributed by atoms with Crippen LogP contribution >= 0.6 is 0 Å².